The fourth-order valence-corrected chi connectivity index (χ4v) is 3.50. The molecule has 1 aromatic heterocycles. The zero-order chi connectivity index (χ0) is 24.1. The predicted molar refractivity (Wildman–Crippen MR) is 123 cm³/mol. The lowest BCUT2D eigenvalue weighted by atomic mass is 10.1. The van der Waals surface area contributed by atoms with Gasteiger partial charge in [0, 0.05) is 19.2 Å². The standard InChI is InChI=1S/C24H26N4O6/c1-4-31-18-9-6-15(12-20(18)32-5-2)10-11-25-23(30)24-26-22(27-34-24)16-7-8-17-19(13-16)33-14-21(29)28(17)3/h6-9,12-13H,4-5,10-11,14H2,1-3H3,(H,25,30). The van der Waals surface area contributed by atoms with Crippen LogP contribution in [0.4, 0.5) is 5.69 Å². The van der Waals surface area contributed by atoms with Gasteiger partial charge in [-0.3, -0.25) is 9.59 Å². The fourth-order valence-electron chi connectivity index (χ4n) is 3.50. The van der Waals surface area contributed by atoms with Crippen molar-refractivity contribution >= 4 is 17.5 Å². The van der Waals surface area contributed by atoms with E-state index in [9.17, 15) is 9.59 Å². The van der Waals surface area contributed by atoms with Crippen molar-refractivity contribution in [1.29, 1.82) is 0 Å². The van der Waals surface area contributed by atoms with E-state index in [4.69, 9.17) is 18.7 Å². The number of amides is 2. The average Bonchev–Trinajstić information content (AvgIpc) is 3.34. The Bertz CT molecular complexity index is 1190. The number of hydrogen-bond donors (Lipinski definition) is 1. The third kappa shape index (κ3) is 4.95. The normalized spacial score (nSPS) is 12.7. The van der Waals surface area contributed by atoms with Crippen molar-refractivity contribution < 1.29 is 28.3 Å². The highest BCUT2D eigenvalue weighted by atomic mass is 16.5. The summed E-state index contributed by atoms with van der Waals surface area (Å²) in [6.45, 7) is 5.26. The van der Waals surface area contributed by atoms with Gasteiger partial charge in [0.25, 0.3) is 5.91 Å². The summed E-state index contributed by atoms with van der Waals surface area (Å²) >= 11 is 0. The van der Waals surface area contributed by atoms with Crippen molar-refractivity contribution in [3.8, 4) is 28.6 Å². The molecule has 0 bridgehead atoms. The summed E-state index contributed by atoms with van der Waals surface area (Å²) in [5.74, 6) is 1.44. The Labute approximate surface area is 196 Å². The Hall–Kier alpha value is -4.08. The minimum atomic E-state index is -0.464. The van der Waals surface area contributed by atoms with E-state index in [1.165, 1.54) is 4.90 Å². The van der Waals surface area contributed by atoms with Crippen molar-refractivity contribution in [1.82, 2.24) is 15.5 Å². The first-order chi connectivity index (χ1) is 16.5. The molecule has 0 atom stereocenters. The SMILES string of the molecule is CCOc1ccc(CCNC(=O)c2nc(-c3ccc4c(c3)OCC(=O)N4C)no2)cc1OCC. The van der Waals surface area contributed by atoms with Crippen LogP contribution in [0, 0.1) is 0 Å². The molecule has 0 saturated heterocycles. The second-order valence-corrected chi connectivity index (χ2v) is 7.50. The average molecular weight is 466 g/mol. The molecule has 1 aliphatic heterocycles. The number of fused-ring (bicyclic) bond motifs is 1. The molecule has 4 rings (SSSR count). The fraction of sp³-hybridized carbons (Fsp3) is 0.333. The van der Waals surface area contributed by atoms with Gasteiger partial charge in [-0.2, -0.15) is 4.98 Å². The van der Waals surface area contributed by atoms with Crippen LogP contribution in [-0.4, -0.2) is 55.4 Å². The number of nitrogens with zero attached hydrogens (tertiary/aromatic N) is 3. The molecule has 2 aromatic carbocycles. The Morgan fingerprint density at radius 1 is 1.12 bits per heavy atom. The summed E-state index contributed by atoms with van der Waals surface area (Å²) in [7, 11) is 1.69. The van der Waals surface area contributed by atoms with Crippen molar-refractivity contribution in [2.45, 2.75) is 20.3 Å². The molecule has 2 amide bonds. The summed E-state index contributed by atoms with van der Waals surface area (Å²) < 4.78 is 21.9. The van der Waals surface area contributed by atoms with Crippen molar-refractivity contribution in [3.63, 3.8) is 0 Å². The molecule has 2 heterocycles. The summed E-state index contributed by atoms with van der Waals surface area (Å²) in [4.78, 5) is 30.0. The minimum absolute atomic E-state index is 0.0345. The molecule has 0 aliphatic carbocycles. The smallest absolute Gasteiger partial charge is 0.316 e. The van der Waals surface area contributed by atoms with Gasteiger partial charge in [-0.15, -0.1) is 0 Å². The van der Waals surface area contributed by atoms with E-state index in [2.05, 4.69) is 15.5 Å². The molecule has 34 heavy (non-hydrogen) atoms. The van der Waals surface area contributed by atoms with Crippen LogP contribution in [0.25, 0.3) is 11.4 Å². The number of anilines is 1. The first kappa shape index (κ1) is 23.1. The minimum Gasteiger partial charge on any atom is -0.490 e. The second-order valence-electron chi connectivity index (χ2n) is 7.50. The van der Waals surface area contributed by atoms with E-state index in [1.54, 1.807) is 25.2 Å². The van der Waals surface area contributed by atoms with Crippen molar-refractivity contribution in [2.24, 2.45) is 0 Å². The number of nitrogens with one attached hydrogen (secondary N) is 1. The molecule has 1 aliphatic rings. The monoisotopic (exact) mass is 466 g/mol. The van der Waals surface area contributed by atoms with Crippen LogP contribution in [0.2, 0.25) is 0 Å². The highest BCUT2D eigenvalue weighted by Crippen LogP contribution is 2.34. The third-order valence-corrected chi connectivity index (χ3v) is 5.23. The van der Waals surface area contributed by atoms with E-state index >= 15 is 0 Å². The topological polar surface area (TPSA) is 116 Å². The maximum Gasteiger partial charge on any atom is 0.316 e. The second kappa shape index (κ2) is 10.2. The van der Waals surface area contributed by atoms with Crippen LogP contribution in [-0.2, 0) is 11.2 Å². The van der Waals surface area contributed by atoms with Crippen molar-refractivity contribution in [2.75, 3.05) is 38.3 Å². The molecule has 0 spiro atoms. The Kier molecular flexibility index (Phi) is 6.95. The maximum absolute atomic E-state index is 12.5. The van der Waals surface area contributed by atoms with Crippen LogP contribution in [0.15, 0.2) is 40.9 Å². The number of benzene rings is 2. The first-order valence-electron chi connectivity index (χ1n) is 11.0. The molecule has 3 aromatic rings. The van der Waals surface area contributed by atoms with Gasteiger partial charge in [0.1, 0.15) is 5.75 Å². The summed E-state index contributed by atoms with van der Waals surface area (Å²) in [5, 5.41) is 6.69. The van der Waals surface area contributed by atoms with E-state index in [1.807, 2.05) is 32.0 Å². The van der Waals surface area contributed by atoms with Gasteiger partial charge < -0.3 is 29.0 Å². The molecule has 0 radical (unpaired) electrons. The van der Waals surface area contributed by atoms with Gasteiger partial charge >= 0.3 is 11.8 Å². The summed E-state index contributed by atoms with van der Waals surface area (Å²) in [6.07, 6.45) is 0.591. The molecular formula is C24H26N4O6. The van der Waals surface area contributed by atoms with Crippen LogP contribution < -0.4 is 24.4 Å². The van der Waals surface area contributed by atoms with E-state index in [0.717, 1.165) is 5.56 Å². The first-order valence-corrected chi connectivity index (χ1v) is 11.0. The third-order valence-electron chi connectivity index (χ3n) is 5.23. The number of carbonyl (C=O) groups is 2. The zero-order valence-electron chi connectivity index (χ0n) is 19.3. The van der Waals surface area contributed by atoms with Gasteiger partial charge in [-0.05, 0) is 56.2 Å². The quantitative estimate of drug-likeness (QED) is 0.512. The van der Waals surface area contributed by atoms with Gasteiger partial charge in [0.05, 0.1) is 18.9 Å². The summed E-state index contributed by atoms with van der Waals surface area (Å²) in [6, 6.07) is 10.9. The molecule has 0 unspecified atom stereocenters. The molecule has 178 valence electrons. The van der Waals surface area contributed by atoms with Crippen LogP contribution >= 0.6 is 0 Å². The highest BCUT2D eigenvalue weighted by molar-refractivity contribution is 5.97. The van der Waals surface area contributed by atoms with Gasteiger partial charge in [0.2, 0.25) is 5.82 Å². The van der Waals surface area contributed by atoms with Gasteiger partial charge in [0.15, 0.2) is 18.1 Å². The van der Waals surface area contributed by atoms with Crippen LogP contribution in [0.3, 0.4) is 0 Å². The van der Waals surface area contributed by atoms with E-state index in [-0.39, 0.29) is 24.2 Å². The zero-order valence-corrected chi connectivity index (χ0v) is 19.3. The Morgan fingerprint density at radius 3 is 2.71 bits per heavy atom. The molecule has 10 heteroatoms. The van der Waals surface area contributed by atoms with Crippen LogP contribution in [0.1, 0.15) is 30.1 Å². The largest absolute Gasteiger partial charge is 0.490 e. The van der Waals surface area contributed by atoms with Gasteiger partial charge in [-0.1, -0.05) is 11.2 Å². The maximum atomic E-state index is 12.5. The lowest BCUT2D eigenvalue weighted by Gasteiger charge is -2.25. The van der Waals surface area contributed by atoms with Crippen LogP contribution in [0.5, 0.6) is 17.2 Å². The number of likely N-dealkylation sites (N-methyl/N-ethyl adjacent to an activating group) is 1. The van der Waals surface area contributed by atoms with E-state index in [0.29, 0.717) is 54.7 Å². The Balaban J connectivity index is 1.37. The molecule has 0 saturated carbocycles. The Morgan fingerprint density at radius 2 is 1.91 bits per heavy atom. The lowest BCUT2D eigenvalue weighted by molar-refractivity contribution is -0.120. The molecular weight excluding hydrogens is 440 g/mol. The summed E-state index contributed by atoms with van der Waals surface area (Å²) in [5.41, 5.74) is 2.27. The molecule has 10 nitrogen and oxygen atoms in total. The number of carbonyl (C=O) groups excluding carboxylic acids is 2. The van der Waals surface area contributed by atoms with Crippen molar-refractivity contribution in [3.05, 3.63) is 47.9 Å². The molecule has 1 N–H and O–H groups in total. The number of rotatable bonds is 9. The lowest BCUT2D eigenvalue weighted by Crippen LogP contribution is -2.35. The highest BCUT2D eigenvalue weighted by Gasteiger charge is 2.24. The van der Waals surface area contributed by atoms with Gasteiger partial charge in [-0.25, -0.2) is 0 Å². The van der Waals surface area contributed by atoms with E-state index < -0.39 is 5.91 Å². The number of aromatic nitrogens is 2. The predicted octanol–water partition coefficient (Wildman–Crippen LogP) is 2.86. The molecule has 0 fully saturated rings. The number of hydrogen-bond acceptors (Lipinski definition) is 8. The number of ether oxygens (including phenoxy) is 3.